The smallest absolute Gasteiger partial charge is 0.357 e. The number of aromatic amines is 2. The van der Waals surface area contributed by atoms with E-state index in [0.717, 1.165) is 21.8 Å². The van der Waals surface area contributed by atoms with E-state index in [4.69, 9.17) is 9.47 Å². The molecule has 0 saturated carbocycles. The van der Waals surface area contributed by atoms with Crippen LogP contribution in [-0.4, -0.2) is 55.9 Å². The van der Waals surface area contributed by atoms with E-state index in [-0.39, 0.29) is 24.2 Å². The minimum atomic E-state index is -1.11. The molecule has 4 N–H and O–H groups in total. The number of hydrogen-bond donors (Lipinski definition) is 4. The van der Waals surface area contributed by atoms with Crippen molar-refractivity contribution in [1.82, 2.24) is 19.9 Å². The summed E-state index contributed by atoms with van der Waals surface area (Å²) in [6.07, 6.45) is 0.200. The molecule has 1 atom stereocenters. The highest BCUT2D eigenvalue weighted by Crippen LogP contribution is 2.35. The summed E-state index contributed by atoms with van der Waals surface area (Å²) in [6.45, 7) is 3.27. The van der Waals surface area contributed by atoms with Crippen LogP contribution in [0.5, 0.6) is 0 Å². The van der Waals surface area contributed by atoms with Gasteiger partial charge in [-0.1, -0.05) is 0 Å². The van der Waals surface area contributed by atoms with Crippen molar-refractivity contribution in [2.45, 2.75) is 32.7 Å². The van der Waals surface area contributed by atoms with Crippen molar-refractivity contribution in [2.24, 2.45) is 0 Å². The van der Waals surface area contributed by atoms with E-state index < -0.39 is 18.7 Å². The summed E-state index contributed by atoms with van der Waals surface area (Å²) in [5.41, 5.74) is 3.64. The van der Waals surface area contributed by atoms with Gasteiger partial charge in [0.2, 0.25) is 0 Å². The Morgan fingerprint density at radius 3 is 2.62 bits per heavy atom. The standard InChI is InChI=1S/C20H22N4O5/c1-9(2)29-20(27)17-10(8-28-3)15-13(6-21-17)22-11-4-5-12-18(16(11)15)24-19(23-12)14(26)7-25/h4-6,9,14,22,25-26H,7-8H2,1-3H3,(H,23,24). The summed E-state index contributed by atoms with van der Waals surface area (Å²) >= 11 is 0. The molecule has 0 aliphatic carbocycles. The van der Waals surface area contributed by atoms with E-state index in [1.165, 1.54) is 0 Å². The van der Waals surface area contributed by atoms with Gasteiger partial charge in [0.25, 0.3) is 0 Å². The molecule has 3 heterocycles. The third-order valence-electron chi connectivity index (χ3n) is 4.69. The lowest BCUT2D eigenvalue weighted by atomic mass is 10.0. The quantitative estimate of drug-likeness (QED) is 0.366. The number of H-pyrrole nitrogens is 2. The highest BCUT2D eigenvalue weighted by atomic mass is 16.5. The average molecular weight is 398 g/mol. The maximum atomic E-state index is 12.6. The lowest BCUT2D eigenvalue weighted by Gasteiger charge is -2.12. The second kappa shape index (κ2) is 7.43. The third kappa shape index (κ3) is 3.23. The van der Waals surface area contributed by atoms with Crippen LogP contribution in [0.3, 0.4) is 0 Å². The molecule has 1 unspecified atom stereocenters. The van der Waals surface area contributed by atoms with E-state index in [0.29, 0.717) is 16.6 Å². The highest BCUT2D eigenvalue weighted by molar-refractivity contribution is 6.20. The molecule has 1 aromatic carbocycles. The molecule has 0 aliphatic heterocycles. The summed E-state index contributed by atoms with van der Waals surface area (Å²) < 4.78 is 10.7. The predicted octanol–water partition coefficient (Wildman–Crippen LogP) is 2.33. The monoisotopic (exact) mass is 398 g/mol. The lowest BCUT2D eigenvalue weighted by Crippen LogP contribution is -2.15. The molecule has 0 fully saturated rings. The zero-order valence-electron chi connectivity index (χ0n) is 16.3. The van der Waals surface area contributed by atoms with Gasteiger partial charge in [-0.05, 0) is 26.0 Å². The number of fused-ring (bicyclic) bond motifs is 5. The second-order valence-electron chi connectivity index (χ2n) is 7.09. The van der Waals surface area contributed by atoms with Crippen LogP contribution in [0, 0.1) is 0 Å². The Morgan fingerprint density at radius 1 is 1.17 bits per heavy atom. The lowest BCUT2D eigenvalue weighted by molar-refractivity contribution is 0.0366. The first kappa shape index (κ1) is 19.3. The Morgan fingerprint density at radius 2 is 1.93 bits per heavy atom. The molecule has 0 radical (unpaired) electrons. The van der Waals surface area contributed by atoms with Crippen LogP contribution >= 0.6 is 0 Å². The average Bonchev–Trinajstić information content (AvgIpc) is 3.28. The Hall–Kier alpha value is -3.01. The van der Waals surface area contributed by atoms with E-state index in [1.54, 1.807) is 27.2 Å². The molecule has 3 aromatic heterocycles. The molecule has 29 heavy (non-hydrogen) atoms. The fourth-order valence-electron chi connectivity index (χ4n) is 3.50. The number of aromatic nitrogens is 4. The van der Waals surface area contributed by atoms with Gasteiger partial charge in [0.1, 0.15) is 11.9 Å². The highest BCUT2D eigenvalue weighted by Gasteiger charge is 2.23. The summed E-state index contributed by atoms with van der Waals surface area (Å²) in [7, 11) is 1.55. The Labute approximate surface area is 165 Å². The molecule has 0 amide bonds. The number of nitrogens with one attached hydrogen (secondary N) is 2. The Bertz CT molecular complexity index is 1210. The molecule has 4 rings (SSSR count). The summed E-state index contributed by atoms with van der Waals surface area (Å²) in [5, 5.41) is 20.7. The van der Waals surface area contributed by atoms with Crippen LogP contribution in [-0.2, 0) is 16.1 Å². The number of esters is 1. The third-order valence-corrected chi connectivity index (χ3v) is 4.69. The van der Waals surface area contributed by atoms with E-state index in [1.807, 2.05) is 12.1 Å². The van der Waals surface area contributed by atoms with Crippen LogP contribution in [0.2, 0.25) is 0 Å². The zero-order valence-corrected chi connectivity index (χ0v) is 16.3. The van der Waals surface area contributed by atoms with Crippen LogP contribution in [0.15, 0.2) is 18.3 Å². The van der Waals surface area contributed by atoms with Gasteiger partial charge < -0.3 is 29.7 Å². The number of benzene rings is 1. The molecule has 0 bridgehead atoms. The molecule has 152 valence electrons. The molecular weight excluding hydrogens is 376 g/mol. The van der Waals surface area contributed by atoms with Crippen molar-refractivity contribution in [3.8, 4) is 0 Å². The number of carbonyl (C=O) groups excluding carboxylic acids is 1. The van der Waals surface area contributed by atoms with Gasteiger partial charge in [-0.15, -0.1) is 0 Å². The van der Waals surface area contributed by atoms with Crippen molar-refractivity contribution in [3.05, 3.63) is 35.4 Å². The number of ether oxygens (including phenoxy) is 2. The number of carbonyl (C=O) groups is 1. The first-order valence-electron chi connectivity index (χ1n) is 9.25. The maximum Gasteiger partial charge on any atom is 0.357 e. The molecular formula is C20H22N4O5. The molecule has 0 spiro atoms. The SMILES string of the molecule is COCc1c(C(=O)OC(C)C)ncc2[nH]c3ccc4[nH]c(C(O)CO)nc4c3c12. The molecule has 9 heteroatoms. The fourth-order valence-corrected chi connectivity index (χ4v) is 3.50. The normalized spacial score (nSPS) is 13.0. The zero-order chi connectivity index (χ0) is 20.7. The van der Waals surface area contributed by atoms with E-state index in [9.17, 15) is 15.0 Å². The molecule has 4 aromatic rings. The van der Waals surface area contributed by atoms with Gasteiger partial charge in [-0.2, -0.15) is 0 Å². The number of imidazole rings is 1. The fraction of sp³-hybridized carbons (Fsp3) is 0.350. The van der Waals surface area contributed by atoms with Crippen molar-refractivity contribution < 1.29 is 24.5 Å². The number of rotatable bonds is 6. The number of nitrogens with zero attached hydrogens (tertiary/aromatic N) is 2. The van der Waals surface area contributed by atoms with Crippen molar-refractivity contribution in [2.75, 3.05) is 13.7 Å². The Kier molecular flexibility index (Phi) is 4.95. The number of pyridine rings is 1. The Balaban J connectivity index is 2.05. The maximum absolute atomic E-state index is 12.6. The van der Waals surface area contributed by atoms with Gasteiger partial charge >= 0.3 is 5.97 Å². The number of hydrogen-bond acceptors (Lipinski definition) is 7. The van der Waals surface area contributed by atoms with Crippen LogP contribution in [0.25, 0.3) is 32.8 Å². The first-order chi connectivity index (χ1) is 13.9. The number of aliphatic hydroxyl groups excluding tert-OH is 2. The van der Waals surface area contributed by atoms with Gasteiger partial charge in [0.15, 0.2) is 5.69 Å². The van der Waals surface area contributed by atoms with Gasteiger partial charge in [0, 0.05) is 29.0 Å². The van der Waals surface area contributed by atoms with Gasteiger partial charge in [-0.3, -0.25) is 0 Å². The topological polar surface area (TPSA) is 133 Å². The van der Waals surface area contributed by atoms with Crippen LogP contribution in [0.4, 0.5) is 0 Å². The van der Waals surface area contributed by atoms with Crippen molar-refractivity contribution in [3.63, 3.8) is 0 Å². The molecule has 0 aliphatic rings. The van der Waals surface area contributed by atoms with Crippen LogP contribution in [0.1, 0.15) is 41.8 Å². The summed E-state index contributed by atoms with van der Waals surface area (Å²) in [5.74, 6) is -0.250. The predicted molar refractivity (Wildman–Crippen MR) is 107 cm³/mol. The van der Waals surface area contributed by atoms with Crippen molar-refractivity contribution >= 4 is 38.8 Å². The minimum absolute atomic E-state index is 0.159. The van der Waals surface area contributed by atoms with E-state index in [2.05, 4.69) is 19.9 Å². The van der Waals surface area contributed by atoms with Crippen LogP contribution < -0.4 is 0 Å². The summed E-state index contributed by atoms with van der Waals surface area (Å²) in [6, 6.07) is 3.72. The summed E-state index contributed by atoms with van der Waals surface area (Å²) in [4.78, 5) is 27.8. The minimum Gasteiger partial charge on any atom is -0.458 e. The number of methoxy groups -OCH3 is 1. The largest absolute Gasteiger partial charge is 0.458 e. The first-order valence-corrected chi connectivity index (χ1v) is 9.25. The van der Waals surface area contributed by atoms with Crippen molar-refractivity contribution in [1.29, 1.82) is 0 Å². The van der Waals surface area contributed by atoms with E-state index >= 15 is 0 Å². The van der Waals surface area contributed by atoms with Gasteiger partial charge in [0.05, 0.1) is 42.1 Å². The molecule has 0 saturated heterocycles. The number of aliphatic hydroxyl groups is 2. The van der Waals surface area contributed by atoms with Gasteiger partial charge in [-0.25, -0.2) is 14.8 Å². The molecule has 9 nitrogen and oxygen atoms in total. The second-order valence-corrected chi connectivity index (χ2v) is 7.09.